The van der Waals surface area contributed by atoms with Crippen molar-refractivity contribution in [3.63, 3.8) is 0 Å². The molecular weight excluding hydrogens is 300 g/mol. The van der Waals surface area contributed by atoms with Gasteiger partial charge in [0.05, 0.1) is 6.21 Å². The van der Waals surface area contributed by atoms with Gasteiger partial charge in [-0.3, -0.25) is 0 Å². The van der Waals surface area contributed by atoms with E-state index in [1.807, 2.05) is 44.2 Å². The minimum absolute atomic E-state index is 0.0717. The molecule has 122 valence electrons. The topological polar surface area (TPSA) is 70.7 Å². The summed E-state index contributed by atoms with van der Waals surface area (Å²) in [4.78, 5) is 12.5. The average molecular weight is 320 g/mol. The maximum Gasteiger partial charge on any atom is 0.343 e. The first-order chi connectivity index (χ1) is 11.5. The molecule has 2 aromatic rings. The van der Waals surface area contributed by atoms with Crippen molar-refractivity contribution in [3.8, 4) is 12.3 Å². The summed E-state index contributed by atoms with van der Waals surface area (Å²) in [6.45, 7) is 3.94. The van der Waals surface area contributed by atoms with Crippen molar-refractivity contribution in [2.24, 2.45) is 5.10 Å². The lowest BCUT2D eigenvalue weighted by Crippen LogP contribution is -2.31. The van der Waals surface area contributed by atoms with E-state index in [2.05, 4.69) is 16.3 Å². The number of rotatable bonds is 4. The standard InChI is InChI=1S/C19H20N4O/c1-4-12-23(21-13-16-8-10-17(20)11-9-16)19(24)22-18-14(2)6-5-7-15(18)3/h1,5-11,13H,12,20H2,2-3H3,(H,22,24)/b21-13+. The third-order valence-corrected chi connectivity index (χ3v) is 3.47. The summed E-state index contributed by atoms with van der Waals surface area (Å²) < 4.78 is 0. The van der Waals surface area contributed by atoms with Crippen molar-refractivity contribution in [1.82, 2.24) is 5.01 Å². The van der Waals surface area contributed by atoms with Gasteiger partial charge in [0.1, 0.15) is 6.54 Å². The normalized spacial score (nSPS) is 10.4. The van der Waals surface area contributed by atoms with Crippen molar-refractivity contribution in [3.05, 3.63) is 59.2 Å². The first-order valence-corrected chi connectivity index (χ1v) is 7.49. The number of carbonyl (C=O) groups excluding carboxylic acids is 1. The highest BCUT2D eigenvalue weighted by Crippen LogP contribution is 2.19. The summed E-state index contributed by atoms with van der Waals surface area (Å²) in [6, 6.07) is 12.6. The molecule has 2 amide bonds. The summed E-state index contributed by atoms with van der Waals surface area (Å²) in [5, 5.41) is 8.26. The number of anilines is 2. The third kappa shape index (κ3) is 4.37. The second kappa shape index (κ2) is 7.84. The van der Waals surface area contributed by atoms with Gasteiger partial charge in [-0.1, -0.05) is 36.3 Å². The monoisotopic (exact) mass is 320 g/mol. The summed E-state index contributed by atoms with van der Waals surface area (Å²) >= 11 is 0. The Hall–Kier alpha value is -3.26. The Morgan fingerprint density at radius 2 is 1.88 bits per heavy atom. The smallest absolute Gasteiger partial charge is 0.343 e. The van der Waals surface area contributed by atoms with Gasteiger partial charge in [0, 0.05) is 11.4 Å². The number of nitrogens with one attached hydrogen (secondary N) is 1. The molecule has 5 heteroatoms. The molecule has 0 bridgehead atoms. The molecule has 3 N–H and O–H groups in total. The van der Waals surface area contributed by atoms with E-state index in [9.17, 15) is 4.79 Å². The molecule has 24 heavy (non-hydrogen) atoms. The quantitative estimate of drug-likeness (QED) is 0.392. The summed E-state index contributed by atoms with van der Waals surface area (Å²) in [5.41, 5.74) is 9.87. The molecule has 0 spiro atoms. The molecule has 0 saturated carbocycles. The first kappa shape index (κ1) is 17.1. The molecule has 5 nitrogen and oxygen atoms in total. The van der Waals surface area contributed by atoms with Crippen molar-refractivity contribution in [2.75, 3.05) is 17.6 Å². The van der Waals surface area contributed by atoms with Crippen LogP contribution in [0.15, 0.2) is 47.6 Å². The van der Waals surface area contributed by atoms with Crippen LogP contribution in [-0.2, 0) is 0 Å². The zero-order chi connectivity index (χ0) is 17.5. The van der Waals surface area contributed by atoms with E-state index >= 15 is 0 Å². The first-order valence-electron chi connectivity index (χ1n) is 7.49. The predicted molar refractivity (Wildman–Crippen MR) is 98.9 cm³/mol. The number of hydrazone groups is 1. The molecular formula is C19H20N4O. The number of nitrogen functional groups attached to an aromatic ring is 1. The van der Waals surface area contributed by atoms with Crippen LogP contribution in [0.5, 0.6) is 0 Å². The zero-order valence-corrected chi connectivity index (χ0v) is 13.8. The second-order valence-corrected chi connectivity index (χ2v) is 5.37. The number of urea groups is 1. The lowest BCUT2D eigenvalue weighted by atomic mass is 10.1. The van der Waals surface area contributed by atoms with Crippen molar-refractivity contribution in [1.29, 1.82) is 0 Å². The highest BCUT2D eigenvalue weighted by molar-refractivity contribution is 5.92. The van der Waals surface area contributed by atoms with Crippen LogP contribution in [-0.4, -0.2) is 23.8 Å². The van der Waals surface area contributed by atoms with Gasteiger partial charge < -0.3 is 11.1 Å². The number of terminal acetylenes is 1. The van der Waals surface area contributed by atoms with Gasteiger partial charge in [-0.25, -0.2) is 9.80 Å². The second-order valence-electron chi connectivity index (χ2n) is 5.37. The highest BCUT2D eigenvalue weighted by Gasteiger charge is 2.13. The number of para-hydroxylation sites is 1. The molecule has 0 aliphatic carbocycles. The van der Waals surface area contributed by atoms with Gasteiger partial charge >= 0.3 is 6.03 Å². The van der Waals surface area contributed by atoms with E-state index in [4.69, 9.17) is 12.2 Å². The number of nitrogens with zero attached hydrogens (tertiary/aromatic N) is 2. The largest absolute Gasteiger partial charge is 0.399 e. The summed E-state index contributed by atoms with van der Waals surface area (Å²) in [7, 11) is 0. The Bertz CT molecular complexity index is 768. The minimum Gasteiger partial charge on any atom is -0.399 e. The fourth-order valence-electron chi connectivity index (χ4n) is 2.15. The Morgan fingerprint density at radius 3 is 2.46 bits per heavy atom. The van der Waals surface area contributed by atoms with E-state index < -0.39 is 0 Å². The minimum atomic E-state index is -0.378. The van der Waals surface area contributed by atoms with E-state index in [0.717, 1.165) is 22.4 Å². The number of hydrogen-bond donors (Lipinski definition) is 2. The number of hydrogen-bond acceptors (Lipinski definition) is 3. The molecule has 0 heterocycles. The molecule has 0 aliphatic rings. The Balaban J connectivity index is 2.16. The number of amides is 2. The van der Waals surface area contributed by atoms with Gasteiger partial charge in [0.25, 0.3) is 0 Å². The Morgan fingerprint density at radius 1 is 1.25 bits per heavy atom. The molecule has 0 saturated heterocycles. The van der Waals surface area contributed by atoms with Crippen LogP contribution in [0.3, 0.4) is 0 Å². The van der Waals surface area contributed by atoms with E-state index in [-0.39, 0.29) is 12.6 Å². The van der Waals surface area contributed by atoms with Gasteiger partial charge in [-0.05, 0) is 42.7 Å². The fourth-order valence-corrected chi connectivity index (χ4v) is 2.15. The molecule has 0 unspecified atom stereocenters. The molecule has 2 rings (SSSR count). The van der Waals surface area contributed by atoms with Gasteiger partial charge in [0.2, 0.25) is 0 Å². The molecule has 0 aromatic heterocycles. The SMILES string of the molecule is C#CCN(/N=C/c1ccc(N)cc1)C(=O)Nc1c(C)cccc1C. The lowest BCUT2D eigenvalue weighted by molar-refractivity contribution is 0.220. The highest BCUT2D eigenvalue weighted by atomic mass is 16.2. The van der Waals surface area contributed by atoms with Crippen molar-refractivity contribution < 1.29 is 4.79 Å². The number of aryl methyl sites for hydroxylation is 2. The van der Waals surface area contributed by atoms with Crippen LogP contribution in [0.1, 0.15) is 16.7 Å². The van der Waals surface area contributed by atoms with Crippen LogP contribution >= 0.6 is 0 Å². The zero-order valence-electron chi connectivity index (χ0n) is 13.8. The van der Waals surface area contributed by atoms with E-state index in [1.54, 1.807) is 18.3 Å². The van der Waals surface area contributed by atoms with Crippen molar-refractivity contribution >= 4 is 23.6 Å². The summed E-state index contributed by atoms with van der Waals surface area (Å²) in [6.07, 6.45) is 6.92. The molecule has 0 atom stereocenters. The third-order valence-electron chi connectivity index (χ3n) is 3.47. The average Bonchev–Trinajstić information content (AvgIpc) is 2.56. The van der Waals surface area contributed by atoms with Crippen molar-refractivity contribution in [2.45, 2.75) is 13.8 Å². The van der Waals surface area contributed by atoms with Gasteiger partial charge in [0.15, 0.2) is 0 Å². The number of carbonyl (C=O) groups is 1. The fraction of sp³-hybridized carbons (Fsp3) is 0.158. The van der Waals surface area contributed by atoms with Gasteiger partial charge in [-0.2, -0.15) is 5.10 Å². The van der Waals surface area contributed by atoms with Crippen LogP contribution < -0.4 is 11.1 Å². The number of nitrogens with two attached hydrogens (primary N) is 1. The van der Waals surface area contributed by atoms with E-state index in [1.165, 1.54) is 5.01 Å². The Kier molecular flexibility index (Phi) is 5.58. The van der Waals surface area contributed by atoms with Crippen LogP contribution in [0.25, 0.3) is 0 Å². The molecule has 0 aliphatic heterocycles. The van der Waals surface area contributed by atoms with Crippen LogP contribution in [0, 0.1) is 26.2 Å². The van der Waals surface area contributed by atoms with Crippen LogP contribution in [0.4, 0.5) is 16.2 Å². The maximum atomic E-state index is 12.5. The van der Waals surface area contributed by atoms with Crippen LogP contribution in [0.2, 0.25) is 0 Å². The maximum absolute atomic E-state index is 12.5. The van der Waals surface area contributed by atoms with Gasteiger partial charge in [-0.15, -0.1) is 6.42 Å². The lowest BCUT2D eigenvalue weighted by Gasteiger charge is -2.17. The number of benzene rings is 2. The Labute approximate surface area is 142 Å². The molecule has 2 aromatic carbocycles. The van der Waals surface area contributed by atoms with E-state index in [0.29, 0.717) is 5.69 Å². The summed E-state index contributed by atoms with van der Waals surface area (Å²) in [5.74, 6) is 2.44. The molecule has 0 fully saturated rings. The molecule has 0 radical (unpaired) electrons. The predicted octanol–water partition coefficient (Wildman–Crippen LogP) is 3.39.